The van der Waals surface area contributed by atoms with Crippen LogP contribution in [0, 0.1) is 0 Å². The number of hydrogen-bond acceptors (Lipinski definition) is 1. The molecule has 0 atom stereocenters. The minimum atomic E-state index is -0.346. The van der Waals surface area contributed by atoms with Crippen LogP contribution in [0.2, 0.25) is 0 Å². The maximum Gasteiger partial charge on any atom is 0.0780 e. The molecule has 0 fully saturated rings. The SMILES string of the molecule is CC1(C)c2ccccc2C2(c3ccccc3-c3ccccc32)c2ccc(-c3ccc4c(ccc5cccnc54)c3)cc21. The molecule has 9 rings (SSSR count). The van der Waals surface area contributed by atoms with Gasteiger partial charge in [-0.15, -0.1) is 0 Å². The minimum absolute atomic E-state index is 0.156. The molecule has 0 radical (unpaired) electrons. The summed E-state index contributed by atoms with van der Waals surface area (Å²) in [5, 5.41) is 3.59. The highest BCUT2D eigenvalue weighted by molar-refractivity contribution is 6.06. The Balaban J connectivity index is 1.33. The molecule has 1 nitrogen and oxygen atoms in total. The van der Waals surface area contributed by atoms with Crippen molar-refractivity contribution in [2.45, 2.75) is 24.7 Å². The molecule has 42 heavy (non-hydrogen) atoms. The van der Waals surface area contributed by atoms with E-state index in [9.17, 15) is 0 Å². The van der Waals surface area contributed by atoms with Gasteiger partial charge in [0.2, 0.25) is 0 Å². The number of hydrogen-bond donors (Lipinski definition) is 0. The molecule has 198 valence electrons. The quantitative estimate of drug-likeness (QED) is 0.191. The van der Waals surface area contributed by atoms with Gasteiger partial charge < -0.3 is 0 Å². The number of aromatic nitrogens is 1. The summed E-state index contributed by atoms with van der Waals surface area (Å²) in [5.74, 6) is 0. The fourth-order valence-electron chi connectivity index (χ4n) is 8.08. The average Bonchev–Trinajstić information content (AvgIpc) is 3.34. The van der Waals surface area contributed by atoms with Crippen molar-refractivity contribution in [3.8, 4) is 22.3 Å². The Hall–Kier alpha value is -5.01. The van der Waals surface area contributed by atoms with Gasteiger partial charge in [0.05, 0.1) is 10.9 Å². The van der Waals surface area contributed by atoms with E-state index in [1.807, 2.05) is 12.3 Å². The van der Waals surface area contributed by atoms with Crippen molar-refractivity contribution >= 4 is 21.7 Å². The standard InChI is InChI=1S/C41H29N/c1-40(2)35-15-7-8-16-36(35)41(33-13-5-3-11-31(33)32-12-4-6-14-34(32)41)37-22-20-28(25-38(37)40)27-19-21-30-29(24-27)18-17-26-10-9-23-42-39(26)30/h3-25H,1-2H3. The Morgan fingerprint density at radius 3 is 1.81 bits per heavy atom. The van der Waals surface area contributed by atoms with Crippen LogP contribution in [0.4, 0.5) is 0 Å². The number of benzene rings is 6. The predicted octanol–water partition coefficient (Wildman–Crippen LogP) is 10.1. The first kappa shape index (κ1) is 23.7. The second-order valence-electron chi connectivity index (χ2n) is 12.3. The number of pyridine rings is 1. The second kappa shape index (κ2) is 8.27. The average molecular weight is 536 g/mol. The van der Waals surface area contributed by atoms with Gasteiger partial charge in [-0.3, -0.25) is 4.98 Å². The van der Waals surface area contributed by atoms with Crippen molar-refractivity contribution in [2.75, 3.05) is 0 Å². The monoisotopic (exact) mass is 535 g/mol. The highest BCUT2D eigenvalue weighted by atomic mass is 14.6. The highest BCUT2D eigenvalue weighted by Crippen LogP contribution is 2.62. The lowest BCUT2D eigenvalue weighted by molar-refractivity contribution is 0.563. The van der Waals surface area contributed by atoms with Gasteiger partial charge in [-0.2, -0.15) is 0 Å². The summed E-state index contributed by atoms with van der Waals surface area (Å²) < 4.78 is 0. The third kappa shape index (κ3) is 2.90. The van der Waals surface area contributed by atoms with E-state index in [1.165, 1.54) is 71.8 Å². The molecule has 0 amide bonds. The van der Waals surface area contributed by atoms with E-state index in [4.69, 9.17) is 0 Å². The fraction of sp³-hybridized carbons (Fsp3) is 0.0976. The Bertz CT molecular complexity index is 2190. The summed E-state index contributed by atoms with van der Waals surface area (Å²) in [7, 11) is 0. The molecule has 0 N–H and O–H groups in total. The first-order chi connectivity index (χ1) is 20.6. The summed E-state index contributed by atoms with van der Waals surface area (Å²) in [4.78, 5) is 4.69. The van der Waals surface area contributed by atoms with Crippen molar-refractivity contribution in [1.29, 1.82) is 0 Å². The van der Waals surface area contributed by atoms with Crippen LogP contribution < -0.4 is 0 Å². The van der Waals surface area contributed by atoms with E-state index in [0.29, 0.717) is 0 Å². The van der Waals surface area contributed by atoms with Gasteiger partial charge in [0, 0.05) is 22.4 Å². The lowest BCUT2D eigenvalue weighted by atomic mass is 9.55. The van der Waals surface area contributed by atoms with Crippen LogP contribution in [0.1, 0.15) is 47.2 Å². The van der Waals surface area contributed by atoms with Crippen molar-refractivity contribution < 1.29 is 0 Å². The van der Waals surface area contributed by atoms with Crippen LogP contribution in [-0.4, -0.2) is 4.98 Å². The molecule has 1 heteroatoms. The number of fused-ring (bicyclic) bond motifs is 12. The maximum atomic E-state index is 4.69. The molecule has 1 aromatic heterocycles. The van der Waals surface area contributed by atoms with Gasteiger partial charge in [0.15, 0.2) is 0 Å². The van der Waals surface area contributed by atoms with Crippen LogP contribution in [0.25, 0.3) is 43.9 Å². The number of nitrogens with zero attached hydrogens (tertiary/aromatic N) is 1. The summed E-state index contributed by atoms with van der Waals surface area (Å²) in [6.45, 7) is 4.79. The van der Waals surface area contributed by atoms with Gasteiger partial charge in [-0.1, -0.05) is 129 Å². The Morgan fingerprint density at radius 1 is 0.452 bits per heavy atom. The summed E-state index contributed by atoms with van der Waals surface area (Å²) in [6.07, 6.45) is 1.88. The lowest BCUT2D eigenvalue weighted by Crippen LogP contribution is -2.40. The molecule has 6 aromatic carbocycles. The third-order valence-electron chi connectivity index (χ3n) is 9.98. The molecule has 7 aromatic rings. The molecule has 0 saturated carbocycles. The largest absolute Gasteiger partial charge is 0.256 e. The van der Waals surface area contributed by atoms with Gasteiger partial charge in [-0.25, -0.2) is 0 Å². The second-order valence-corrected chi connectivity index (χ2v) is 12.3. The molecule has 0 bridgehead atoms. The minimum Gasteiger partial charge on any atom is -0.256 e. The normalized spacial score (nSPS) is 15.3. The first-order valence-electron chi connectivity index (χ1n) is 14.8. The molecule has 2 aliphatic rings. The van der Waals surface area contributed by atoms with Crippen molar-refractivity contribution in [3.63, 3.8) is 0 Å². The van der Waals surface area contributed by atoms with Crippen LogP contribution >= 0.6 is 0 Å². The number of rotatable bonds is 1. The van der Waals surface area contributed by atoms with Crippen LogP contribution in [-0.2, 0) is 10.8 Å². The Kier molecular flexibility index (Phi) is 4.66. The van der Waals surface area contributed by atoms with Gasteiger partial charge in [0.1, 0.15) is 0 Å². The van der Waals surface area contributed by atoms with Crippen LogP contribution in [0.15, 0.2) is 140 Å². The lowest BCUT2D eigenvalue weighted by Gasteiger charge is -2.46. The zero-order valence-electron chi connectivity index (χ0n) is 23.7. The van der Waals surface area contributed by atoms with E-state index in [0.717, 1.165) is 5.52 Å². The predicted molar refractivity (Wildman–Crippen MR) is 174 cm³/mol. The highest BCUT2D eigenvalue weighted by Gasteiger charge is 2.53. The van der Waals surface area contributed by atoms with Crippen LogP contribution in [0.3, 0.4) is 0 Å². The van der Waals surface area contributed by atoms with E-state index in [1.54, 1.807) is 0 Å². The Morgan fingerprint density at radius 2 is 1.05 bits per heavy atom. The topological polar surface area (TPSA) is 12.9 Å². The van der Waals surface area contributed by atoms with E-state index >= 15 is 0 Å². The molecule has 1 spiro atoms. The third-order valence-corrected chi connectivity index (χ3v) is 9.98. The maximum absolute atomic E-state index is 4.69. The molecule has 2 aliphatic carbocycles. The van der Waals surface area contributed by atoms with Crippen molar-refractivity contribution in [2.24, 2.45) is 0 Å². The van der Waals surface area contributed by atoms with Gasteiger partial charge in [0.25, 0.3) is 0 Å². The van der Waals surface area contributed by atoms with E-state index in [2.05, 4.69) is 146 Å². The Labute approximate surface area is 246 Å². The molecular weight excluding hydrogens is 506 g/mol. The zero-order valence-corrected chi connectivity index (χ0v) is 23.7. The summed E-state index contributed by atoms with van der Waals surface area (Å²) >= 11 is 0. The smallest absolute Gasteiger partial charge is 0.0780 e. The fourth-order valence-corrected chi connectivity index (χ4v) is 8.08. The molecule has 0 unspecified atom stereocenters. The molecule has 0 aliphatic heterocycles. The molecule has 0 saturated heterocycles. The van der Waals surface area contributed by atoms with E-state index in [-0.39, 0.29) is 10.8 Å². The molecular formula is C41H29N. The van der Waals surface area contributed by atoms with Crippen LogP contribution in [0.5, 0.6) is 0 Å². The van der Waals surface area contributed by atoms with Crippen molar-refractivity contribution in [3.05, 3.63) is 173 Å². The summed E-state index contributed by atoms with van der Waals surface area (Å²) in [5.41, 5.74) is 14.1. The summed E-state index contributed by atoms with van der Waals surface area (Å²) in [6, 6.07) is 49.8. The molecule has 1 heterocycles. The van der Waals surface area contributed by atoms with Crippen molar-refractivity contribution in [1.82, 2.24) is 4.98 Å². The van der Waals surface area contributed by atoms with Gasteiger partial charge >= 0.3 is 0 Å². The van der Waals surface area contributed by atoms with E-state index < -0.39 is 0 Å². The van der Waals surface area contributed by atoms with Gasteiger partial charge in [-0.05, 0) is 79.2 Å². The first-order valence-corrected chi connectivity index (χ1v) is 14.8. The zero-order chi connectivity index (χ0) is 28.1.